The third kappa shape index (κ3) is 5.01. The molecule has 2 N–H and O–H groups in total. The normalized spacial score (nSPS) is 23.0. The highest BCUT2D eigenvalue weighted by Gasteiger charge is 2.43. The maximum Gasteiger partial charge on any atom is 0.251 e. The first-order valence-electron chi connectivity index (χ1n) is 12.5. The van der Waals surface area contributed by atoms with Crippen LogP contribution in [0.15, 0.2) is 48.8 Å². The molecule has 182 valence electrons. The molecule has 2 amide bonds. The lowest BCUT2D eigenvalue weighted by atomic mass is 10.0. The highest BCUT2D eigenvalue weighted by molar-refractivity contribution is 6.04. The van der Waals surface area contributed by atoms with Crippen molar-refractivity contribution in [2.45, 2.75) is 75.1 Å². The van der Waals surface area contributed by atoms with Crippen LogP contribution in [0.5, 0.6) is 0 Å². The summed E-state index contributed by atoms with van der Waals surface area (Å²) in [4.78, 5) is 34.9. The number of anilines is 1. The number of pyridine rings is 1. The van der Waals surface area contributed by atoms with Crippen LogP contribution in [0.25, 0.3) is 0 Å². The number of rotatable bonds is 7. The summed E-state index contributed by atoms with van der Waals surface area (Å²) >= 11 is 0. The van der Waals surface area contributed by atoms with E-state index in [1.54, 1.807) is 24.5 Å². The van der Waals surface area contributed by atoms with Gasteiger partial charge in [0.2, 0.25) is 5.91 Å². The molecular weight excluding hydrogens is 442 g/mol. The number of nitriles is 1. The summed E-state index contributed by atoms with van der Waals surface area (Å²) in [6.07, 6.45) is 11.0. The summed E-state index contributed by atoms with van der Waals surface area (Å²) < 4.78 is 0. The van der Waals surface area contributed by atoms with Crippen molar-refractivity contribution in [3.05, 3.63) is 59.9 Å². The third-order valence-electron chi connectivity index (χ3n) is 7.36. The van der Waals surface area contributed by atoms with E-state index < -0.39 is 18.2 Å². The molecule has 2 aliphatic carbocycles. The number of hydrogen-bond acceptors (Lipinski definition) is 6. The number of carbonyl (C=O) groups is 2. The third-order valence-corrected chi connectivity index (χ3v) is 7.36. The van der Waals surface area contributed by atoms with Gasteiger partial charge < -0.3 is 10.4 Å². The Bertz CT molecular complexity index is 1090. The van der Waals surface area contributed by atoms with Crippen LogP contribution in [0, 0.1) is 11.5 Å². The highest BCUT2D eigenvalue weighted by Crippen LogP contribution is 2.41. The minimum Gasteiger partial charge on any atom is -0.391 e. The number of aromatic nitrogens is 1. The van der Waals surface area contributed by atoms with Crippen molar-refractivity contribution in [3.8, 4) is 6.19 Å². The second-order valence-corrected chi connectivity index (χ2v) is 9.91. The number of aliphatic hydroxyl groups excluding tert-OH is 1. The summed E-state index contributed by atoms with van der Waals surface area (Å²) in [7, 11) is 0. The Morgan fingerprint density at radius 2 is 1.89 bits per heavy atom. The van der Waals surface area contributed by atoms with Crippen LogP contribution in [0.2, 0.25) is 0 Å². The van der Waals surface area contributed by atoms with Gasteiger partial charge in [-0.15, -0.1) is 0 Å². The Hall–Kier alpha value is -3.44. The van der Waals surface area contributed by atoms with Gasteiger partial charge in [-0.1, -0.05) is 31.0 Å². The summed E-state index contributed by atoms with van der Waals surface area (Å²) in [6.45, 7) is 0.104. The molecule has 0 unspecified atom stereocenters. The predicted octanol–water partition coefficient (Wildman–Crippen LogP) is 3.01. The summed E-state index contributed by atoms with van der Waals surface area (Å²) in [6, 6.07) is 9.68. The van der Waals surface area contributed by atoms with Crippen LogP contribution in [-0.2, 0) is 9.59 Å². The topological polar surface area (TPSA) is 110 Å². The van der Waals surface area contributed by atoms with E-state index in [2.05, 4.69) is 10.3 Å². The second kappa shape index (κ2) is 10.0. The zero-order valence-corrected chi connectivity index (χ0v) is 19.7. The Kier molecular flexibility index (Phi) is 6.69. The quantitative estimate of drug-likeness (QED) is 0.599. The largest absolute Gasteiger partial charge is 0.391 e. The average Bonchev–Trinajstić information content (AvgIpc) is 3.47. The number of likely N-dealkylation sites (tertiary alicyclic amines) is 1. The number of amides is 2. The first-order valence-corrected chi connectivity index (χ1v) is 12.5. The molecule has 1 aliphatic heterocycles. The van der Waals surface area contributed by atoms with E-state index in [0.717, 1.165) is 25.7 Å². The minimum absolute atomic E-state index is 0.0831. The molecule has 3 aliphatic rings. The molecule has 0 radical (unpaired) electrons. The van der Waals surface area contributed by atoms with Gasteiger partial charge >= 0.3 is 0 Å². The molecule has 5 rings (SSSR count). The van der Waals surface area contributed by atoms with Crippen molar-refractivity contribution >= 4 is 17.5 Å². The smallest absolute Gasteiger partial charge is 0.251 e. The van der Waals surface area contributed by atoms with Crippen molar-refractivity contribution in [1.29, 1.82) is 5.26 Å². The number of β-amino-alcohol motifs (C(OH)–C–C–N with tert-alkyl or cyclic N) is 1. The van der Waals surface area contributed by atoms with Crippen LogP contribution in [0.1, 0.15) is 68.0 Å². The highest BCUT2D eigenvalue weighted by atomic mass is 16.3. The monoisotopic (exact) mass is 473 g/mol. The molecule has 1 saturated heterocycles. The van der Waals surface area contributed by atoms with Gasteiger partial charge in [0.15, 0.2) is 6.19 Å². The van der Waals surface area contributed by atoms with Gasteiger partial charge in [-0.3, -0.25) is 24.4 Å². The number of hydrogen-bond donors (Lipinski definition) is 2. The fourth-order valence-corrected chi connectivity index (χ4v) is 5.35. The Morgan fingerprint density at radius 3 is 2.51 bits per heavy atom. The van der Waals surface area contributed by atoms with Crippen molar-refractivity contribution in [2.75, 3.05) is 11.4 Å². The Labute approximate surface area is 205 Å². The van der Waals surface area contributed by atoms with Crippen molar-refractivity contribution in [1.82, 2.24) is 15.2 Å². The van der Waals surface area contributed by atoms with Crippen molar-refractivity contribution < 1.29 is 14.7 Å². The fourth-order valence-electron chi connectivity index (χ4n) is 5.35. The summed E-state index contributed by atoms with van der Waals surface area (Å²) in [5.41, 5.74) is 2.42. The van der Waals surface area contributed by atoms with Crippen molar-refractivity contribution in [2.24, 2.45) is 0 Å². The molecular formula is C27H31N5O3. The van der Waals surface area contributed by atoms with Gasteiger partial charge in [0, 0.05) is 36.1 Å². The predicted molar refractivity (Wildman–Crippen MR) is 130 cm³/mol. The fraction of sp³-hybridized carbons (Fsp3) is 0.481. The van der Waals surface area contributed by atoms with Gasteiger partial charge in [0.1, 0.15) is 12.1 Å². The maximum absolute atomic E-state index is 14.1. The van der Waals surface area contributed by atoms with Gasteiger partial charge in [0.25, 0.3) is 5.91 Å². The first kappa shape index (κ1) is 23.3. The lowest BCUT2D eigenvalue weighted by Crippen LogP contribution is -2.51. The van der Waals surface area contributed by atoms with Gasteiger partial charge in [-0.25, -0.2) is 0 Å². The number of carbonyl (C=O) groups excluding carboxylic acids is 2. The molecule has 1 aromatic heterocycles. The van der Waals surface area contributed by atoms with E-state index in [0.29, 0.717) is 17.2 Å². The number of benzene rings is 1. The van der Waals surface area contributed by atoms with E-state index in [1.165, 1.54) is 28.2 Å². The molecule has 2 saturated carbocycles. The zero-order valence-electron chi connectivity index (χ0n) is 19.7. The van der Waals surface area contributed by atoms with Gasteiger partial charge in [-0.2, -0.15) is 5.26 Å². The van der Waals surface area contributed by atoms with Crippen LogP contribution < -0.4 is 10.2 Å². The second-order valence-electron chi connectivity index (χ2n) is 9.91. The zero-order chi connectivity index (χ0) is 24.4. The first-order chi connectivity index (χ1) is 17.0. The minimum atomic E-state index is -0.943. The maximum atomic E-state index is 14.1. The van der Waals surface area contributed by atoms with Gasteiger partial charge in [-0.05, 0) is 55.4 Å². The summed E-state index contributed by atoms with van der Waals surface area (Å²) in [5.74, 6) is -0.0729. The molecule has 3 atom stereocenters. The summed E-state index contributed by atoms with van der Waals surface area (Å²) in [5, 5.41) is 23.0. The number of aliphatic hydroxyl groups is 1. The van der Waals surface area contributed by atoms with E-state index in [-0.39, 0.29) is 30.8 Å². The van der Waals surface area contributed by atoms with E-state index >= 15 is 0 Å². The van der Waals surface area contributed by atoms with E-state index in [4.69, 9.17) is 0 Å². The molecule has 0 bridgehead atoms. The lowest BCUT2D eigenvalue weighted by molar-refractivity contribution is -0.128. The van der Waals surface area contributed by atoms with Crippen LogP contribution in [0.3, 0.4) is 0 Å². The van der Waals surface area contributed by atoms with Crippen LogP contribution in [0.4, 0.5) is 5.69 Å². The molecule has 0 spiro atoms. The Balaban J connectivity index is 1.55. The van der Waals surface area contributed by atoms with Crippen LogP contribution in [-0.4, -0.2) is 51.5 Å². The number of nitrogens with one attached hydrogen (secondary N) is 1. The average molecular weight is 474 g/mol. The molecule has 35 heavy (non-hydrogen) atoms. The molecule has 1 aromatic carbocycles. The molecule has 2 heterocycles. The van der Waals surface area contributed by atoms with Crippen molar-refractivity contribution in [3.63, 3.8) is 0 Å². The van der Waals surface area contributed by atoms with E-state index in [9.17, 15) is 20.0 Å². The van der Waals surface area contributed by atoms with Crippen LogP contribution >= 0.6 is 0 Å². The number of nitrogens with zero attached hydrogens (tertiary/aromatic N) is 4. The molecule has 8 heteroatoms. The SMILES string of the molecule is N#CN1C[C@H](O)C[C@@H]1C(=O)N(c1ccc(C2CC2)cc1)[C@@H](C(=O)NC1CCCC1)c1cccnc1. The standard InChI is InChI=1S/C27H31N5O3/c28-17-31-16-23(33)14-24(31)27(35)32(22-11-9-19(10-12-22)18-7-8-18)25(20-4-3-13-29-15-20)26(34)30-21-5-1-2-6-21/h3-4,9-13,15,18,21,23-25,33H,1-2,5-8,14,16H2,(H,30,34)/t23-,24-,25-/m1/s1. The van der Waals surface area contributed by atoms with Gasteiger partial charge in [0.05, 0.1) is 12.6 Å². The molecule has 8 nitrogen and oxygen atoms in total. The lowest BCUT2D eigenvalue weighted by Gasteiger charge is -2.34. The molecule has 2 aromatic rings. The molecule has 3 fully saturated rings. The Morgan fingerprint density at radius 1 is 1.14 bits per heavy atom. The van der Waals surface area contributed by atoms with E-state index in [1.807, 2.05) is 30.5 Å².